The number of Topliss-reactive ketones (excluding diaryl/α,β-unsaturated/α-hetero) is 1. The van der Waals surface area contributed by atoms with Crippen LogP contribution in [0.2, 0.25) is 0 Å². The van der Waals surface area contributed by atoms with Crippen molar-refractivity contribution in [1.29, 1.82) is 0 Å². The van der Waals surface area contributed by atoms with Gasteiger partial charge in [-0.1, -0.05) is 12.1 Å². The summed E-state index contributed by atoms with van der Waals surface area (Å²) >= 11 is 0. The highest BCUT2D eigenvalue weighted by Crippen LogP contribution is 2.43. The third kappa shape index (κ3) is 3.49. The number of aryl methyl sites for hydroxylation is 1. The lowest BCUT2D eigenvalue weighted by molar-refractivity contribution is -0.142. The molecule has 0 bridgehead atoms. The third-order valence-electron chi connectivity index (χ3n) is 5.40. The number of allylic oxidation sites excluding steroid dienone is 1. The van der Waals surface area contributed by atoms with Crippen molar-refractivity contribution in [3.05, 3.63) is 64.2 Å². The summed E-state index contributed by atoms with van der Waals surface area (Å²) in [5, 5.41) is 19.9. The molecule has 2 heterocycles. The van der Waals surface area contributed by atoms with E-state index in [1.807, 2.05) is 0 Å². The summed E-state index contributed by atoms with van der Waals surface area (Å²) in [6, 6.07) is 6.53. The van der Waals surface area contributed by atoms with Gasteiger partial charge in [-0.05, 0) is 61.7 Å². The SMILES string of the molecule is Cc1cc(O)c(CN2CCC[C@H]2C(=O)O)c2c1C(=O)/C(=C/c1ccc(F)cc1)O2. The molecule has 2 aromatic rings. The van der Waals surface area contributed by atoms with Gasteiger partial charge >= 0.3 is 5.97 Å². The van der Waals surface area contributed by atoms with Crippen LogP contribution in [0.15, 0.2) is 36.1 Å². The molecule has 2 aliphatic rings. The maximum Gasteiger partial charge on any atom is 0.320 e. The average molecular weight is 397 g/mol. The van der Waals surface area contributed by atoms with Gasteiger partial charge in [0.25, 0.3) is 0 Å². The minimum absolute atomic E-state index is 0.0341. The van der Waals surface area contributed by atoms with Crippen LogP contribution >= 0.6 is 0 Å². The number of phenols is 1. The van der Waals surface area contributed by atoms with Crippen molar-refractivity contribution in [3.8, 4) is 11.5 Å². The Kier molecular flexibility index (Phi) is 4.84. The third-order valence-corrected chi connectivity index (χ3v) is 5.40. The van der Waals surface area contributed by atoms with Crippen LogP contribution in [-0.2, 0) is 11.3 Å². The van der Waals surface area contributed by atoms with Crippen LogP contribution in [0, 0.1) is 12.7 Å². The van der Waals surface area contributed by atoms with Gasteiger partial charge in [-0.25, -0.2) is 4.39 Å². The van der Waals surface area contributed by atoms with E-state index < -0.39 is 12.0 Å². The Hall–Kier alpha value is -3.19. The topological polar surface area (TPSA) is 87.1 Å². The van der Waals surface area contributed by atoms with Gasteiger partial charge in [0, 0.05) is 6.54 Å². The first kappa shape index (κ1) is 19.1. The molecule has 2 aromatic carbocycles. The number of rotatable bonds is 4. The Morgan fingerprint density at radius 1 is 1.34 bits per heavy atom. The van der Waals surface area contributed by atoms with Crippen molar-refractivity contribution in [2.24, 2.45) is 0 Å². The normalized spacial score (nSPS) is 20.1. The molecule has 1 atom stereocenters. The van der Waals surface area contributed by atoms with Crippen LogP contribution in [0.4, 0.5) is 4.39 Å². The Bertz CT molecular complexity index is 1030. The first-order chi connectivity index (χ1) is 13.8. The molecule has 0 spiro atoms. The average Bonchev–Trinajstić information content (AvgIpc) is 3.26. The lowest BCUT2D eigenvalue weighted by atomic mass is 9.99. The second-order valence-electron chi connectivity index (χ2n) is 7.35. The van der Waals surface area contributed by atoms with Crippen LogP contribution in [0.3, 0.4) is 0 Å². The molecule has 2 aliphatic heterocycles. The van der Waals surface area contributed by atoms with Crippen LogP contribution in [0.25, 0.3) is 6.08 Å². The Morgan fingerprint density at radius 3 is 2.76 bits per heavy atom. The molecule has 150 valence electrons. The number of hydrogen-bond acceptors (Lipinski definition) is 5. The van der Waals surface area contributed by atoms with E-state index in [2.05, 4.69) is 0 Å². The Balaban J connectivity index is 1.71. The zero-order chi connectivity index (χ0) is 20.7. The van der Waals surface area contributed by atoms with Crippen LogP contribution in [0.1, 0.15) is 39.9 Å². The van der Waals surface area contributed by atoms with Crippen molar-refractivity contribution >= 4 is 17.8 Å². The molecule has 1 fully saturated rings. The summed E-state index contributed by atoms with van der Waals surface area (Å²) in [5.74, 6) is -1.29. The zero-order valence-electron chi connectivity index (χ0n) is 15.8. The number of carbonyl (C=O) groups excluding carboxylic acids is 1. The number of hydrogen-bond donors (Lipinski definition) is 2. The molecular formula is C22H20FNO5. The highest BCUT2D eigenvalue weighted by atomic mass is 19.1. The van der Waals surface area contributed by atoms with E-state index in [1.54, 1.807) is 11.8 Å². The molecule has 7 heteroatoms. The first-order valence-electron chi connectivity index (χ1n) is 9.37. The van der Waals surface area contributed by atoms with Crippen molar-refractivity contribution in [3.63, 3.8) is 0 Å². The molecule has 0 saturated carbocycles. The predicted molar refractivity (Wildman–Crippen MR) is 103 cm³/mol. The number of carboxylic acids is 1. The molecule has 2 N–H and O–H groups in total. The van der Waals surface area contributed by atoms with Crippen molar-refractivity contribution < 1.29 is 28.9 Å². The van der Waals surface area contributed by atoms with Gasteiger partial charge in [-0.2, -0.15) is 0 Å². The molecule has 0 radical (unpaired) electrons. The first-order valence-corrected chi connectivity index (χ1v) is 9.37. The maximum absolute atomic E-state index is 13.1. The van der Waals surface area contributed by atoms with Gasteiger partial charge < -0.3 is 14.9 Å². The predicted octanol–water partition coefficient (Wildman–Crippen LogP) is 3.50. The summed E-state index contributed by atoms with van der Waals surface area (Å²) < 4.78 is 19.0. The standard InChI is InChI=1S/C22H20FNO5/c1-12-9-17(25)15(11-24-8-2-3-16(24)22(27)28)21-19(12)20(26)18(29-21)10-13-4-6-14(23)7-5-13/h4-7,9-10,16,25H,2-3,8,11H2,1H3,(H,27,28)/b18-10-/t16-/m0/s1. The minimum Gasteiger partial charge on any atom is -0.507 e. The number of ketones is 1. The molecule has 4 rings (SSSR count). The number of phenolic OH excluding ortho intramolecular Hbond substituents is 1. The van der Waals surface area contributed by atoms with Crippen molar-refractivity contribution in [1.82, 2.24) is 4.90 Å². The van der Waals surface area contributed by atoms with Gasteiger partial charge in [-0.15, -0.1) is 0 Å². The van der Waals surface area contributed by atoms with Gasteiger partial charge in [0.2, 0.25) is 5.78 Å². The summed E-state index contributed by atoms with van der Waals surface area (Å²) in [7, 11) is 0. The zero-order valence-corrected chi connectivity index (χ0v) is 15.8. The molecule has 0 amide bonds. The van der Waals surface area contributed by atoms with Crippen molar-refractivity contribution in [2.45, 2.75) is 32.4 Å². The smallest absolute Gasteiger partial charge is 0.320 e. The number of likely N-dealkylation sites (tertiary alicyclic amines) is 1. The van der Waals surface area contributed by atoms with E-state index in [1.165, 1.54) is 36.4 Å². The number of carboxylic acid groups (broad SMARTS) is 1. The van der Waals surface area contributed by atoms with E-state index in [0.717, 1.165) is 6.42 Å². The highest BCUT2D eigenvalue weighted by molar-refractivity contribution is 6.15. The van der Waals surface area contributed by atoms with Gasteiger partial charge in [0.05, 0.1) is 11.1 Å². The lowest BCUT2D eigenvalue weighted by Gasteiger charge is -2.22. The Labute approximate surface area is 166 Å². The molecule has 1 saturated heterocycles. The van der Waals surface area contributed by atoms with Crippen molar-refractivity contribution in [2.75, 3.05) is 6.54 Å². The van der Waals surface area contributed by atoms with Gasteiger partial charge in [0.15, 0.2) is 5.76 Å². The van der Waals surface area contributed by atoms with Gasteiger partial charge in [0.1, 0.15) is 23.4 Å². The number of halogens is 1. The molecular weight excluding hydrogens is 377 g/mol. The number of ether oxygens (including phenoxy) is 1. The number of aromatic hydroxyl groups is 1. The number of aliphatic carboxylic acids is 1. The molecule has 0 aliphatic carbocycles. The number of benzene rings is 2. The Morgan fingerprint density at radius 2 is 2.07 bits per heavy atom. The summed E-state index contributed by atoms with van der Waals surface area (Å²) in [5.41, 5.74) is 1.94. The minimum atomic E-state index is -0.903. The summed E-state index contributed by atoms with van der Waals surface area (Å²) in [4.78, 5) is 26.2. The fourth-order valence-corrected chi connectivity index (χ4v) is 3.94. The van der Waals surface area contributed by atoms with Crippen LogP contribution in [-0.4, -0.2) is 39.5 Å². The van der Waals surface area contributed by atoms with E-state index >= 15 is 0 Å². The number of nitrogens with zero attached hydrogens (tertiary/aromatic N) is 1. The molecule has 6 nitrogen and oxygen atoms in total. The van der Waals surface area contributed by atoms with Gasteiger partial charge in [-0.3, -0.25) is 14.5 Å². The second-order valence-corrected chi connectivity index (χ2v) is 7.35. The summed E-state index contributed by atoms with van der Waals surface area (Å²) in [6.07, 6.45) is 2.82. The summed E-state index contributed by atoms with van der Waals surface area (Å²) in [6.45, 7) is 2.47. The molecule has 0 aromatic heterocycles. The lowest BCUT2D eigenvalue weighted by Crippen LogP contribution is -2.35. The molecule has 0 unspecified atom stereocenters. The van der Waals surface area contributed by atoms with Crippen LogP contribution in [0.5, 0.6) is 11.5 Å². The largest absolute Gasteiger partial charge is 0.507 e. The fraction of sp³-hybridized carbons (Fsp3) is 0.273. The van der Waals surface area contributed by atoms with E-state index in [4.69, 9.17) is 4.74 Å². The van der Waals surface area contributed by atoms with Crippen LogP contribution < -0.4 is 4.74 Å². The maximum atomic E-state index is 13.1. The van der Waals surface area contributed by atoms with E-state index in [9.17, 15) is 24.2 Å². The monoisotopic (exact) mass is 397 g/mol. The van der Waals surface area contributed by atoms with E-state index in [-0.39, 0.29) is 35.4 Å². The second kappa shape index (κ2) is 7.33. The van der Waals surface area contributed by atoms with E-state index in [0.29, 0.717) is 35.2 Å². The molecule has 29 heavy (non-hydrogen) atoms. The quantitative estimate of drug-likeness (QED) is 0.768. The number of fused-ring (bicyclic) bond motifs is 1. The fourth-order valence-electron chi connectivity index (χ4n) is 3.94. The number of carbonyl (C=O) groups is 2. The highest BCUT2D eigenvalue weighted by Gasteiger charge is 2.36.